The summed E-state index contributed by atoms with van der Waals surface area (Å²) in [4.78, 5) is 24.5. The molecule has 0 unspecified atom stereocenters. The summed E-state index contributed by atoms with van der Waals surface area (Å²) in [6.45, 7) is -0.342. The number of hydrogen-bond donors (Lipinski definition) is 1. The molecule has 0 bridgehead atoms. The maximum Gasteiger partial charge on any atom is 0.341 e. The second-order valence-electron chi connectivity index (χ2n) is 6.32. The Morgan fingerprint density at radius 2 is 1.78 bits per heavy atom. The molecule has 3 rings (SSSR count). The molecule has 0 heterocycles. The van der Waals surface area contributed by atoms with Gasteiger partial charge in [0.05, 0.1) is 18.4 Å². The molecule has 0 aromatic heterocycles. The van der Waals surface area contributed by atoms with Crippen molar-refractivity contribution in [1.29, 1.82) is 0 Å². The molecule has 1 N–H and O–H groups in total. The first-order valence-corrected chi connectivity index (χ1v) is 9.87. The molecule has 0 fully saturated rings. The van der Waals surface area contributed by atoms with Gasteiger partial charge in [0.1, 0.15) is 11.5 Å². The minimum atomic E-state index is -0.986. The summed E-state index contributed by atoms with van der Waals surface area (Å²) >= 11 is 1.51. The van der Waals surface area contributed by atoms with Crippen molar-refractivity contribution in [3.05, 3.63) is 53.1 Å². The van der Waals surface area contributed by atoms with E-state index in [1.165, 1.54) is 17.3 Å². The molecule has 0 aliphatic heterocycles. The van der Waals surface area contributed by atoms with Crippen molar-refractivity contribution >= 4 is 23.5 Å². The Morgan fingerprint density at radius 3 is 2.52 bits per heavy atom. The Balaban J connectivity index is 1.77. The first-order chi connectivity index (χ1) is 13.1. The van der Waals surface area contributed by atoms with Gasteiger partial charge in [-0.15, -0.1) is 11.8 Å². The third-order valence-electron chi connectivity index (χ3n) is 4.57. The fourth-order valence-corrected chi connectivity index (χ4v) is 4.31. The van der Waals surface area contributed by atoms with E-state index in [9.17, 15) is 9.59 Å². The van der Waals surface area contributed by atoms with E-state index < -0.39 is 5.97 Å². The summed E-state index contributed by atoms with van der Waals surface area (Å²) in [6, 6.07) is 11.0. The van der Waals surface area contributed by atoms with Crippen LogP contribution in [0.1, 0.15) is 34.3 Å². The van der Waals surface area contributed by atoms with E-state index in [0.717, 1.165) is 36.1 Å². The molecular weight excluding hydrogens is 364 g/mol. The molecule has 142 valence electrons. The van der Waals surface area contributed by atoms with Crippen LogP contribution < -0.4 is 9.47 Å². The number of hydrogen-bond acceptors (Lipinski definition) is 5. The highest BCUT2D eigenvalue weighted by molar-refractivity contribution is 8.00. The number of Topliss-reactive ketones (excluding diaryl/α,β-unsaturated/α-hetero) is 1. The maximum absolute atomic E-state index is 12.6. The summed E-state index contributed by atoms with van der Waals surface area (Å²) in [5, 5.41) is 8.85. The van der Waals surface area contributed by atoms with Gasteiger partial charge in [-0.2, -0.15) is 0 Å². The predicted molar refractivity (Wildman–Crippen MR) is 104 cm³/mol. The minimum absolute atomic E-state index is 0.0215. The molecule has 0 radical (unpaired) electrons. The van der Waals surface area contributed by atoms with E-state index in [-0.39, 0.29) is 12.4 Å². The lowest BCUT2D eigenvalue weighted by molar-refractivity contribution is -0.139. The zero-order valence-electron chi connectivity index (χ0n) is 15.2. The van der Waals surface area contributed by atoms with Crippen molar-refractivity contribution in [2.75, 3.05) is 19.5 Å². The van der Waals surface area contributed by atoms with Crippen molar-refractivity contribution in [2.24, 2.45) is 0 Å². The SMILES string of the molecule is COc1ccccc1C(=O)CSc1ccc(OCC(=O)O)c2c1CCCC2. The van der Waals surface area contributed by atoms with Crippen LogP contribution in [0, 0.1) is 0 Å². The number of thioether (sulfide) groups is 1. The molecule has 27 heavy (non-hydrogen) atoms. The summed E-state index contributed by atoms with van der Waals surface area (Å²) in [7, 11) is 1.56. The number of fused-ring (bicyclic) bond motifs is 1. The van der Waals surface area contributed by atoms with Crippen LogP contribution in [0.5, 0.6) is 11.5 Å². The highest BCUT2D eigenvalue weighted by Gasteiger charge is 2.20. The number of carboxylic acid groups (broad SMARTS) is 1. The fraction of sp³-hybridized carbons (Fsp3) is 0.333. The standard InChI is InChI=1S/C21H22O5S/c1-25-18-9-5-4-8-16(18)17(22)13-27-20-11-10-19(26-12-21(23)24)14-6-2-3-7-15(14)20/h4-5,8-11H,2-3,6-7,12-13H2,1H3,(H,23,24). The van der Waals surface area contributed by atoms with E-state index in [2.05, 4.69) is 0 Å². The van der Waals surface area contributed by atoms with Gasteiger partial charge in [0, 0.05) is 4.90 Å². The lowest BCUT2D eigenvalue weighted by atomic mass is 9.91. The van der Waals surface area contributed by atoms with Gasteiger partial charge in [-0.25, -0.2) is 4.79 Å². The van der Waals surface area contributed by atoms with Gasteiger partial charge in [-0.3, -0.25) is 4.79 Å². The van der Waals surface area contributed by atoms with E-state index in [1.807, 2.05) is 24.3 Å². The molecule has 0 amide bonds. The monoisotopic (exact) mass is 386 g/mol. The zero-order chi connectivity index (χ0) is 19.2. The normalized spacial score (nSPS) is 12.9. The zero-order valence-corrected chi connectivity index (χ0v) is 16.0. The number of carboxylic acids is 1. The number of ether oxygens (including phenoxy) is 2. The molecule has 6 heteroatoms. The number of ketones is 1. The predicted octanol–water partition coefficient (Wildman–Crippen LogP) is 4.01. The Kier molecular flexibility index (Phi) is 6.40. The quantitative estimate of drug-likeness (QED) is 0.546. The fourth-order valence-electron chi connectivity index (χ4n) is 3.31. The van der Waals surface area contributed by atoms with E-state index in [1.54, 1.807) is 19.2 Å². The second kappa shape index (κ2) is 8.95. The topological polar surface area (TPSA) is 72.8 Å². The molecule has 5 nitrogen and oxygen atoms in total. The summed E-state index contributed by atoms with van der Waals surface area (Å²) in [5.41, 5.74) is 2.85. The van der Waals surface area contributed by atoms with Crippen LogP contribution in [-0.2, 0) is 17.6 Å². The average Bonchev–Trinajstić information content (AvgIpc) is 2.70. The molecule has 0 spiro atoms. The van der Waals surface area contributed by atoms with Gasteiger partial charge in [0.15, 0.2) is 12.4 Å². The third kappa shape index (κ3) is 4.63. The lowest BCUT2D eigenvalue weighted by Gasteiger charge is -2.22. The smallest absolute Gasteiger partial charge is 0.341 e. The Labute approximate surface area is 162 Å². The minimum Gasteiger partial charge on any atom is -0.496 e. The Hall–Kier alpha value is -2.47. The van der Waals surface area contributed by atoms with E-state index in [4.69, 9.17) is 14.6 Å². The summed E-state index contributed by atoms with van der Waals surface area (Å²) in [5.74, 6) is 0.589. The maximum atomic E-state index is 12.6. The second-order valence-corrected chi connectivity index (χ2v) is 7.34. The molecular formula is C21H22O5S. The third-order valence-corrected chi connectivity index (χ3v) is 5.67. The van der Waals surface area contributed by atoms with Crippen molar-refractivity contribution < 1.29 is 24.2 Å². The van der Waals surface area contributed by atoms with Crippen LogP contribution in [0.3, 0.4) is 0 Å². The number of rotatable bonds is 8. The molecule has 0 saturated heterocycles. The first-order valence-electron chi connectivity index (χ1n) is 8.88. The van der Waals surface area contributed by atoms with Crippen LogP contribution in [0.2, 0.25) is 0 Å². The number of para-hydroxylation sites is 1. The number of carbonyl (C=O) groups is 2. The molecule has 2 aromatic rings. The molecule has 2 aromatic carbocycles. The molecule has 0 saturated carbocycles. The molecule has 1 aliphatic carbocycles. The summed E-state index contributed by atoms with van der Waals surface area (Å²) in [6.07, 6.45) is 3.94. The largest absolute Gasteiger partial charge is 0.496 e. The van der Waals surface area contributed by atoms with Crippen molar-refractivity contribution in [1.82, 2.24) is 0 Å². The highest BCUT2D eigenvalue weighted by Crippen LogP contribution is 2.37. The van der Waals surface area contributed by atoms with Gasteiger partial charge in [0.25, 0.3) is 0 Å². The van der Waals surface area contributed by atoms with Crippen molar-refractivity contribution in [3.8, 4) is 11.5 Å². The van der Waals surface area contributed by atoms with Crippen LogP contribution in [0.15, 0.2) is 41.3 Å². The molecule has 1 aliphatic rings. The Morgan fingerprint density at radius 1 is 1.04 bits per heavy atom. The van der Waals surface area contributed by atoms with Crippen molar-refractivity contribution in [3.63, 3.8) is 0 Å². The first kappa shape index (κ1) is 19.3. The van der Waals surface area contributed by atoms with Crippen LogP contribution in [0.25, 0.3) is 0 Å². The van der Waals surface area contributed by atoms with Crippen molar-refractivity contribution in [2.45, 2.75) is 30.6 Å². The van der Waals surface area contributed by atoms with E-state index >= 15 is 0 Å². The lowest BCUT2D eigenvalue weighted by Crippen LogP contribution is -2.13. The highest BCUT2D eigenvalue weighted by atomic mass is 32.2. The number of aliphatic carboxylic acids is 1. The van der Waals surface area contributed by atoms with Crippen LogP contribution in [0.4, 0.5) is 0 Å². The van der Waals surface area contributed by atoms with Crippen LogP contribution >= 0.6 is 11.8 Å². The van der Waals surface area contributed by atoms with Gasteiger partial charge in [-0.05, 0) is 61.1 Å². The van der Waals surface area contributed by atoms with Gasteiger partial charge in [0.2, 0.25) is 0 Å². The summed E-state index contributed by atoms with van der Waals surface area (Å²) < 4.78 is 10.7. The number of benzene rings is 2. The van der Waals surface area contributed by atoms with Crippen LogP contribution in [-0.4, -0.2) is 36.3 Å². The molecule has 0 atom stereocenters. The average molecular weight is 386 g/mol. The van der Waals surface area contributed by atoms with Gasteiger partial charge in [-0.1, -0.05) is 12.1 Å². The van der Waals surface area contributed by atoms with E-state index in [0.29, 0.717) is 22.8 Å². The van der Waals surface area contributed by atoms with Gasteiger partial charge < -0.3 is 14.6 Å². The number of methoxy groups -OCH3 is 1. The Bertz CT molecular complexity index is 846. The van der Waals surface area contributed by atoms with Gasteiger partial charge >= 0.3 is 5.97 Å². The number of carbonyl (C=O) groups excluding carboxylic acids is 1.